The zero-order chi connectivity index (χ0) is 11.8. The summed E-state index contributed by atoms with van der Waals surface area (Å²) in [7, 11) is -1.45. The second-order valence-electron chi connectivity index (χ2n) is 2.58. The molecule has 0 aliphatic heterocycles. The summed E-state index contributed by atoms with van der Waals surface area (Å²) in [5.41, 5.74) is 0. The van der Waals surface area contributed by atoms with Gasteiger partial charge in [0, 0.05) is 6.92 Å². The molecule has 0 radical (unpaired) electrons. The monoisotopic (exact) mass is 254 g/mol. The average Bonchev–Trinajstić information content (AvgIpc) is 2.17. The van der Waals surface area contributed by atoms with Gasteiger partial charge in [-0.25, -0.2) is 0 Å². The molecule has 0 unspecified atom stereocenters. The lowest BCUT2D eigenvalue weighted by atomic mass is 10.4. The summed E-state index contributed by atoms with van der Waals surface area (Å²) in [6.07, 6.45) is 0. The summed E-state index contributed by atoms with van der Waals surface area (Å²) in [5, 5.41) is 0.0712. The first-order chi connectivity index (χ1) is 7.02. The van der Waals surface area contributed by atoms with Crippen molar-refractivity contribution in [2.45, 2.75) is 27.7 Å². The van der Waals surface area contributed by atoms with E-state index < -0.39 is 8.60 Å². The highest BCUT2D eigenvalue weighted by Gasteiger charge is 2.15. The Balaban J connectivity index is 4.38. The topological polar surface area (TPSA) is 44.8 Å². The smallest absolute Gasteiger partial charge is 0.396 e. The van der Waals surface area contributed by atoms with Gasteiger partial charge in [-0.05, 0) is 20.8 Å². The zero-order valence-corrected chi connectivity index (χ0v) is 11.0. The molecule has 0 saturated heterocycles. The average molecular weight is 255 g/mol. The predicted molar refractivity (Wildman–Crippen MR) is 60.5 cm³/mol. The van der Waals surface area contributed by atoms with Crippen LogP contribution in [0.4, 0.5) is 0 Å². The van der Waals surface area contributed by atoms with Gasteiger partial charge < -0.3 is 13.6 Å². The van der Waals surface area contributed by atoms with Gasteiger partial charge in [-0.1, -0.05) is 11.6 Å². The third kappa shape index (κ3) is 6.10. The van der Waals surface area contributed by atoms with Gasteiger partial charge in [0.25, 0.3) is 0 Å². The van der Waals surface area contributed by atoms with Crippen LogP contribution in [0.15, 0.2) is 10.8 Å². The van der Waals surface area contributed by atoms with E-state index in [4.69, 9.17) is 25.2 Å². The van der Waals surface area contributed by atoms with Crippen LogP contribution >= 0.6 is 20.2 Å². The van der Waals surface area contributed by atoms with Crippen LogP contribution in [0.3, 0.4) is 0 Å². The highest BCUT2D eigenvalue weighted by atomic mass is 35.5. The number of rotatable bonds is 7. The first-order valence-corrected chi connectivity index (χ1v) is 6.11. The van der Waals surface area contributed by atoms with Crippen molar-refractivity contribution < 1.29 is 18.4 Å². The summed E-state index contributed by atoms with van der Waals surface area (Å²) in [6, 6.07) is 0. The first-order valence-electron chi connectivity index (χ1n) is 4.64. The van der Waals surface area contributed by atoms with Crippen molar-refractivity contribution in [1.29, 1.82) is 0 Å². The van der Waals surface area contributed by atoms with E-state index in [0.29, 0.717) is 19.0 Å². The van der Waals surface area contributed by atoms with Gasteiger partial charge in [0.15, 0.2) is 5.78 Å². The van der Waals surface area contributed by atoms with Gasteiger partial charge in [-0.2, -0.15) is 0 Å². The summed E-state index contributed by atoms with van der Waals surface area (Å²) in [6.45, 7) is 7.62. The molecule has 0 saturated carbocycles. The van der Waals surface area contributed by atoms with Crippen LogP contribution in [-0.2, 0) is 18.4 Å². The fraction of sp³-hybridized carbons (Fsp3) is 0.667. The SMILES string of the molecule is CCOP(OCC)O/C(C)=C(\Cl)C(C)=O. The summed E-state index contributed by atoms with van der Waals surface area (Å²) in [4.78, 5) is 10.9. The Morgan fingerprint density at radius 1 is 1.20 bits per heavy atom. The highest BCUT2D eigenvalue weighted by Crippen LogP contribution is 2.42. The van der Waals surface area contributed by atoms with Gasteiger partial charge in [0.2, 0.25) is 0 Å². The maximum absolute atomic E-state index is 10.9. The Bertz CT molecular complexity index is 236. The van der Waals surface area contributed by atoms with E-state index in [1.165, 1.54) is 6.92 Å². The molecule has 0 heterocycles. The van der Waals surface area contributed by atoms with Gasteiger partial charge >= 0.3 is 8.60 Å². The molecule has 4 nitrogen and oxygen atoms in total. The lowest BCUT2D eigenvalue weighted by molar-refractivity contribution is -0.113. The molecule has 0 aromatic rings. The van der Waals surface area contributed by atoms with Crippen molar-refractivity contribution in [1.82, 2.24) is 0 Å². The minimum Gasteiger partial charge on any atom is -0.430 e. The van der Waals surface area contributed by atoms with Crippen LogP contribution in [0.25, 0.3) is 0 Å². The second-order valence-corrected chi connectivity index (χ2v) is 4.10. The number of Topliss-reactive ketones (excluding diaryl/α,β-unsaturated/α-hetero) is 1. The van der Waals surface area contributed by atoms with Crippen LogP contribution in [0, 0.1) is 0 Å². The maximum Gasteiger partial charge on any atom is 0.396 e. The van der Waals surface area contributed by atoms with Crippen molar-refractivity contribution >= 4 is 26.0 Å². The normalized spacial score (nSPS) is 12.7. The van der Waals surface area contributed by atoms with Crippen molar-refractivity contribution in [3.05, 3.63) is 10.8 Å². The van der Waals surface area contributed by atoms with Gasteiger partial charge in [-0.15, -0.1) is 0 Å². The molecule has 0 spiro atoms. The third-order valence-corrected chi connectivity index (χ3v) is 3.19. The van der Waals surface area contributed by atoms with Crippen molar-refractivity contribution in [3.8, 4) is 0 Å². The second kappa shape index (κ2) is 8.05. The summed E-state index contributed by atoms with van der Waals surface area (Å²) in [5.74, 6) is 0.0919. The molecule has 0 fully saturated rings. The Morgan fingerprint density at radius 2 is 1.67 bits per heavy atom. The van der Waals surface area contributed by atoms with E-state index in [-0.39, 0.29) is 10.8 Å². The molecular formula is C9H16ClO4P. The lowest BCUT2D eigenvalue weighted by Crippen LogP contribution is -1.98. The number of hydrogen-bond acceptors (Lipinski definition) is 4. The van der Waals surface area contributed by atoms with Crippen molar-refractivity contribution in [2.24, 2.45) is 0 Å². The first kappa shape index (κ1) is 14.8. The van der Waals surface area contributed by atoms with Gasteiger partial charge in [0.05, 0.1) is 13.2 Å². The molecule has 0 amide bonds. The van der Waals surface area contributed by atoms with Crippen LogP contribution in [-0.4, -0.2) is 19.0 Å². The quantitative estimate of drug-likeness (QED) is 0.397. The Kier molecular flexibility index (Phi) is 7.97. The minimum absolute atomic E-state index is 0.0712. The van der Waals surface area contributed by atoms with Gasteiger partial charge in [-0.3, -0.25) is 4.79 Å². The molecule has 0 rings (SSSR count). The van der Waals surface area contributed by atoms with Crippen LogP contribution < -0.4 is 0 Å². The highest BCUT2D eigenvalue weighted by molar-refractivity contribution is 7.41. The summed E-state index contributed by atoms with van der Waals surface area (Å²) < 4.78 is 15.7. The standard InChI is InChI=1S/C9H16ClO4P/c1-5-12-15(13-6-2)14-8(4)9(10)7(3)11/h5-6H2,1-4H3/b9-8-. The molecule has 0 aliphatic carbocycles. The number of carbonyl (C=O) groups is 1. The van der Waals surface area contributed by atoms with Crippen molar-refractivity contribution in [3.63, 3.8) is 0 Å². The van der Waals surface area contributed by atoms with E-state index in [9.17, 15) is 4.79 Å². The Hall–Kier alpha value is -0.150. The van der Waals surface area contributed by atoms with Crippen LogP contribution in [0.2, 0.25) is 0 Å². The molecule has 0 N–H and O–H groups in total. The number of halogens is 1. The molecule has 0 aliphatic rings. The van der Waals surface area contributed by atoms with Crippen LogP contribution in [0.1, 0.15) is 27.7 Å². The fourth-order valence-corrected chi connectivity index (χ4v) is 1.71. The van der Waals surface area contributed by atoms with E-state index in [1.807, 2.05) is 13.8 Å². The Labute approximate surface area is 96.5 Å². The molecule has 0 aromatic heterocycles. The number of carbonyl (C=O) groups excluding carboxylic acids is 1. The Morgan fingerprint density at radius 3 is 2.00 bits per heavy atom. The number of hydrogen-bond donors (Lipinski definition) is 0. The predicted octanol–water partition coefficient (Wildman–Crippen LogP) is 3.36. The maximum atomic E-state index is 10.9. The van der Waals surface area contributed by atoms with Crippen LogP contribution in [0.5, 0.6) is 0 Å². The minimum atomic E-state index is -1.45. The molecule has 0 atom stereocenters. The largest absolute Gasteiger partial charge is 0.430 e. The molecular weight excluding hydrogens is 239 g/mol. The molecule has 6 heteroatoms. The van der Waals surface area contributed by atoms with E-state index in [1.54, 1.807) is 6.92 Å². The van der Waals surface area contributed by atoms with Gasteiger partial charge in [0.1, 0.15) is 10.8 Å². The van der Waals surface area contributed by atoms with E-state index >= 15 is 0 Å². The number of allylic oxidation sites excluding steroid dienone is 2. The molecule has 0 bridgehead atoms. The zero-order valence-electron chi connectivity index (χ0n) is 9.37. The molecule has 88 valence electrons. The fourth-order valence-electron chi connectivity index (χ4n) is 0.701. The molecule has 0 aromatic carbocycles. The van der Waals surface area contributed by atoms with E-state index in [2.05, 4.69) is 0 Å². The van der Waals surface area contributed by atoms with E-state index in [0.717, 1.165) is 0 Å². The summed E-state index contributed by atoms with van der Waals surface area (Å²) >= 11 is 5.71. The number of ketones is 1. The molecule has 15 heavy (non-hydrogen) atoms. The third-order valence-electron chi connectivity index (χ3n) is 1.30. The lowest BCUT2D eigenvalue weighted by Gasteiger charge is -2.16. The van der Waals surface area contributed by atoms with Crippen molar-refractivity contribution in [2.75, 3.05) is 13.2 Å².